The van der Waals surface area contributed by atoms with E-state index in [4.69, 9.17) is 8.83 Å². The summed E-state index contributed by atoms with van der Waals surface area (Å²) in [6.07, 6.45) is 6.00. The minimum absolute atomic E-state index is 0.0213. The molecule has 0 atom stereocenters. The number of piperidine rings is 1. The van der Waals surface area contributed by atoms with Crippen LogP contribution in [0.1, 0.15) is 24.7 Å². The van der Waals surface area contributed by atoms with Gasteiger partial charge in [0, 0.05) is 19.0 Å². The number of para-hydroxylation sites is 1. The van der Waals surface area contributed by atoms with Gasteiger partial charge in [-0.2, -0.15) is 0 Å². The molecular weight excluding hydrogens is 386 g/mol. The molecule has 3 aromatic heterocycles. The minimum Gasteiger partial charge on any atom is -0.472 e. The van der Waals surface area contributed by atoms with Crippen molar-refractivity contribution in [3.05, 3.63) is 65.4 Å². The van der Waals surface area contributed by atoms with E-state index in [1.807, 2.05) is 6.07 Å². The maximum atomic E-state index is 12.7. The van der Waals surface area contributed by atoms with Crippen molar-refractivity contribution in [3.8, 4) is 11.5 Å². The van der Waals surface area contributed by atoms with Gasteiger partial charge in [0.05, 0.1) is 29.1 Å². The molecule has 0 saturated carbocycles. The number of furan rings is 1. The van der Waals surface area contributed by atoms with E-state index in [0.717, 1.165) is 18.4 Å². The Kier molecular flexibility index (Phi) is 4.62. The van der Waals surface area contributed by atoms with Crippen LogP contribution in [0.15, 0.2) is 62.8 Å². The summed E-state index contributed by atoms with van der Waals surface area (Å²) in [7, 11) is 0. The zero-order valence-corrected chi connectivity index (χ0v) is 16.1. The van der Waals surface area contributed by atoms with Crippen molar-refractivity contribution in [2.24, 2.45) is 0 Å². The van der Waals surface area contributed by atoms with Gasteiger partial charge in [-0.25, -0.2) is 4.98 Å². The second kappa shape index (κ2) is 7.58. The van der Waals surface area contributed by atoms with Crippen molar-refractivity contribution in [1.82, 2.24) is 24.6 Å². The van der Waals surface area contributed by atoms with E-state index in [2.05, 4.69) is 15.2 Å². The zero-order chi connectivity index (χ0) is 20.5. The third-order valence-electron chi connectivity index (χ3n) is 5.44. The van der Waals surface area contributed by atoms with E-state index in [1.165, 1.54) is 10.9 Å². The first-order valence-electron chi connectivity index (χ1n) is 9.77. The van der Waals surface area contributed by atoms with E-state index in [9.17, 15) is 9.59 Å². The molecule has 0 unspecified atom stereocenters. The molecule has 0 aliphatic carbocycles. The normalized spacial score (nSPS) is 15.0. The third kappa shape index (κ3) is 3.38. The van der Waals surface area contributed by atoms with Crippen molar-refractivity contribution in [1.29, 1.82) is 0 Å². The number of rotatable bonds is 4. The summed E-state index contributed by atoms with van der Waals surface area (Å²) >= 11 is 0. The number of benzene rings is 1. The molecule has 0 bridgehead atoms. The molecule has 0 N–H and O–H groups in total. The molecule has 4 aromatic rings. The fraction of sp³-hybridized carbons (Fsp3) is 0.286. The van der Waals surface area contributed by atoms with Gasteiger partial charge in [-0.1, -0.05) is 12.1 Å². The van der Waals surface area contributed by atoms with Crippen LogP contribution in [0.2, 0.25) is 0 Å². The van der Waals surface area contributed by atoms with Crippen molar-refractivity contribution >= 4 is 16.8 Å². The lowest BCUT2D eigenvalue weighted by Gasteiger charge is -2.30. The topological polar surface area (TPSA) is 107 Å². The Morgan fingerprint density at radius 2 is 1.97 bits per heavy atom. The average molecular weight is 405 g/mol. The predicted molar refractivity (Wildman–Crippen MR) is 107 cm³/mol. The minimum atomic E-state index is -0.207. The molecule has 5 rings (SSSR count). The van der Waals surface area contributed by atoms with E-state index in [0.29, 0.717) is 35.8 Å². The average Bonchev–Trinajstić information content (AvgIpc) is 3.48. The second-order valence-electron chi connectivity index (χ2n) is 7.31. The van der Waals surface area contributed by atoms with Crippen LogP contribution < -0.4 is 5.56 Å². The van der Waals surface area contributed by atoms with Gasteiger partial charge in [0.2, 0.25) is 11.8 Å². The Balaban J connectivity index is 1.23. The van der Waals surface area contributed by atoms with Crippen LogP contribution in [0, 0.1) is 0 Å². The molecule has 30 heavy (non-hydrogen) atoms. The first-order chi connectivity index (χ1) is 14.7. The lowest BCUT2D eigenvalue weighted by atomic mass is 9.97. The summed E-state index contributed by atoms with van der Waals surface area (Å²) in [5, 5.41) is 8.75. The first kappa shape index (κ1) is 18.3. The van der Waals surface area contributed by atoms with Crippen LogP contribution in [0.3, 0.4) is 0 Å². The summed E-state index contributed by atoms with van der Waals surface area (Å²) in [6, 6.07) is 8.89. The van der Waals surface area contributed by atoms with E-state index < -0.39 is 0 Å². The van der Waals surface area contributed by atoms with Crippen LogP contribution in [-0.4, -0.2) is 43.6 Å². The van der Waals surface area contributed by atoms with Gasteiger partial charge in [-0.05, 0) is 31.0 Å². The van der Waals surface area contributed by atoms with E-state index in [1.54, 1.807) is 41.7 Å². The molecule has 4 heterocycles. The van der Waals surface area contributed by atoms with Gasteiger partial charge < -0.3 is 13.7 Å². The van der Waals surface area contributed by atoms with Gasteiger partial charge in [0.15, 0.2) is 0 Å². The lowest BCUT2D eigenvalue weighted by Crippen LogP contribution is -2.41. The Labute approximate surface area is 171 Å². The number of amides is 1. The number of hydrogen-bond donors (Lipinski definition) is 0. The molecule has 1 amide bonds. The monoisotopic (exact) mass is 405 g/mol. The van der Waals surface area contributed by atoms with Crippen molar-refractivity contribution in [3.63, 3.8) is 0 Å². The Bertz CT molecular complexity index is 1240. The third-order valence-corrected chi connectivity index (χ3v) is 5.44. The van der Waals surface area contributed by atoms with E-state index in [-0.39, 0.29) is 23.9 Å². The van der Waals surface area contributed by atoms with Gasteiger partial charge >= 0.3 is 0 Å². The van der Waals surface area contributed by atoms with Crippen LogP contribution >= 0.6 is 0 Å². The SMILES string of the molecule is O=C(Cn1cnc2ccccc2c1=O)N1CCC(c2nnc(-c3ccoc3)o2)CC1. The lowest BCUT2D eigenvalue weighted by molar-refractivity contribution is -0.133. The number of hydrogen-bond acceptors (Lipinski definition) is 7. The summed E-state index contributed by atoms with van der Waals surface area (Å²) in [4.78, 5) is 31.4. The highest BCUT2D eigenvalue weighted by molar-refractivity contribution is 5.79. The maximum Gasteiger partial charge on any atom is 0.261 e. The Hall–Kier alpha value is -3.75. The van der Waals surface area contributed by atoms with E-state index >= 15 is 0 Å². The smallest absolute Gasteiger partial charge is 0.261 e. The highest BCUT2D eigenvalue weighted by atomic mass is 16.4. The molecule has 0 spiro atoms. The highest BCUT2D eigenvalue weighted by Crippen LogP contribution is 2.29. The summed E-state index contributed by atoms with van der Waals surface area (Å²) in [5.41, 5.74) is 1.17. The molecule has 9 nitrogen and oxygen atoms in total. The van der Waals surface area contributed by atoms with Crippen LogP contribution in [0.4, 0.5) is 0 Å². The molecule has 9 heteroatoms. The fourth-order valence-corrected chi connectivity index (χ4v) is 3.74. The van der Waals surface area contributed by atoms with Crippen LogP contribution in [-0.2, 0) is 11.3 Å². The zero-order valence-electron chi connectivity index (χ0n) is 16.1. The summed E-state index contributed by atoms with van der Waals surface area (Å²) in [5.74, 6) is 1.01. The largest absolute Gasteiger partial charge is 0.472 e. The molecule has 0 radical (unpaired) electrons. The van der Waals surface area contributed by atoms with Crippen molar-refractivity contribution in [2.45, 2.75) is 25.3 Å². The number of fused-ring (bicyclic) bond motifs is 1. The Morgan fingerprint density at radius 3 is 2.77 bits per heavy atom. The number of carbonyl (C=O) groups excluding carboxylic acids is 1. The van der Waals surface area contributed by atoms with Crippen LogP contribution in [0.5, 0.6) is 0 Å². The molecule has 1 saturated heterocycles. The van der Waals surface area contributed by atoms with Gasteiger partial charge in [-0.3, -0.25) is 14.2 Å². The van der Waals surface area contributed by atoms with Crippen molar-refractivity contribution in [2.75, 3.05) is 13.1 Å². The maximum absolute atomic E-state index is 12.7. The van der Waals surface area contributed by atoms with Crippen molar-refractivity contribution < 1.29 is 13.6 Å². The highest BCUT2D eigenvalue weighted by Gasteiger charge is 2.28. The Morgan fingerprint density at radius 1 is 1.13 bits per heavy atom. The molecule has 1 fully saturated rings. The molecule has 1 aromatic carbocycles. The molecular formula is C21H19N5O4. The van der Waals surface area contributed by atoms with Gasteiger partial charge in [0.1, 0.15) is 12.8 Å². The molecule has 1 aliphatic rings. The quantitative estimate of drug-likeness (QED) is 0.513. The predicted octanol–water partition coefficient (Wildman–Crippen LogP) is 2.45. The molecule has 1 aliphatic heterocycles. The fourth-order valence-electron chi connectivity index (χ4n) is 3.74. The summed E-state index contributed by atoms with van der Waals surface area (Å²) in [6.45, 7) is 1.12. The van der Waals surface area contributed by atoms with Gasteiger partial charge in [0.25, 0.3) is 11.4 Å². The van der Waals surface area contributed by atoms with Crippen LogP contribution in [0.25, 0.3) is 22.4 Å². The number of carbonyl (C=O) groups is 1. The first-order valence-corrected chi connectivity index (χ1v) is 9.77. The van der Waals surface area contributed by atoms with Gasteiger partial charge in [-0.15, -0.1) is 10.2 Å². The number of nitrogens with zero attached hydrogens (tertiary/aromatic N) is 5. The summed E-state index contributed by atoms with van der Waals surface area (Å²) < 4.78 is 12.2. The second-order valence-corrected chi connectivity index (χ2v) is 7.31. The number of aromatic nitrogens is 4. The number of likely N-dealkylation sites (tertiary alicyclic amines) is 1. The standard InChI is InChI=1S/C21H19N5O4/c27-18(11-26-13-22-17-4-2-1-3-16(17)21(26)28)25-8-5-14(6-9-25)19-23-24-20(30-19)15-7-10-29-12-15/h1-4,7,10,12-14H,5-6,8-9,11H2. The molecule has 152 valence electrons.